The third-order valence-electron chi connectivity index (χ3n) is 3.05. The topological polar surface area (TPSA) is 111 Å². The van der Waals surface area contributed by atoms with E-state index in [4.69, 9.17) is 10.8 Å². The molecule has 1 aliphatic rings. The Labute approximate surface area is 106 Å². The predicted octanol–water partition coefficient (Wildman–Crippen LogP) is -0.899. The van der Waals surface area contributed by atoms with E-state index < -0.39 is 36.2 Å². The van der Waals surface area contributed by atoms with Gasteiger partial charge in [0.05, 0.1) is 0 Å². The maximum atomic E-state index is 14.4. The summed E-state index contributed by atoms with van der Waals surface area (Å²) in [5, 5.41) is 18.4. The quantitative estimate of drug-likeness (QED) is 0.646. The highest BCUT2D eigenvalue weighted by Gasteiger charge is 2.64. The van der Waals surface area contributed by atoms with Crippen LogP contribution in [-0.4, -0.2) is 44.0 Å². The highest BCUT2D eigenvalue weighted by Crippen LogP contribution is 2.46. The first-order chi connectivity index (χ1) is 8.72. The number of aromatic nitrogens is 2. The Balaban J connectivity index is 2.48. The largest absolute Gasteiger partial charge is 0.390 e. The van der Waals surface area contributed by atoms with Gasteiger partial charge in [-0.25, -0.2) is 13.6 Å². The van der Waals surface area contributed by atoms with Crippen molar-refractivity contribution in [2.45, 2.75) is 30.8 Å². The average Bonchev–Trinajstić information content (AvgIpc) is 2.51. The van der Waals surface area contributed by atoms with Crippen molar-refractivity contribution in [3.63, 3.8) is 0 Å². The second kappa shape index (κ2) is 4.22. The summed E-state index contributed by atoms with van der Waals surface area (Å²) in [6.45, 7) is -0.385. The molecule has 1 aromatic heterocycles. The molecule has 0 spiro atoms. The molecule has 4 N–H and O–H groups in total. The fourth-order valence-electron chi connectivity index (χ4n) is 1.98. The molecule has 7 nitrogen and oxygen atoms in total. The fraction of sp³-hybridized carbons (Fsp3) is 0.600. The number of anilines is 1. The van der Waals surface area contributed by atoms with E-state index >= 15 is 0 Å². The van der Waals surface area contributed by atoms with Crippen LogP contribution in [0.25, 0.3) is 0 Å². The number of nitrogens with zero attached hydrogens (tertiary/aromatic N) is 2. The van der Waals surface area contributed by atoms with Crippen LogP contribution >= 0.6 is 0 Å². The van der Waals surface area contributed by atoms with Crippen LogP contribution in [0.2, 0.25) is 0 Å². The number of hydrogen-bond acceptors (Lipinski definition) is 6. The SMILES string of the molecule is CC1(F)C(n2ccc(N)nc2=O)OC(F)(CO)C1O. The van der Waals surface area contributed by atoms with E-state index in [1.54, 1.807) is 0 Å². The van der Waals surface area contributed by atoms with Gasteiger partial charge in [-0.05, 0) is 13.0 Å². The van der Waals surface area contributed by atoms with E-state index in [-0.39, 0.29) is 5.82 Å². The third kappa shape index (κ3) is 1.99. The first-order valence-corrected chi connectivity index (χ1v) is 5.41. The molecule has 1 saturated heterocycles. The van der Waals surface area contributed by atoms with Crippen molar-refractivity contribution in [1.82, 2.24) is 9.55 Å². The molecule has 106 valence electrons. The molecular weight excluding hydrogens is 264 g/mol. The molecule has 19 heavy (non-hydrogen) atoms. The molecule has 1 aromatic rings. The molecule has 0 radical (unpaired) electrons. The van der Waals surface area contributed by atoms with Crippen LogP contribution in [0.1, 0.15) is 13.2 Å². The summed E-state index contributed by atoms with van der Waals surface area (Å²) in [5.74, 6) is -3.08. The first kappa shape index (κ1) is 13.8. The number of nitrogen functional groups attached to an aromatic ring is 1. The molecule has 0 saturated carbocycles. The highest BCUT2D eigenvalue weighted by molar-refractivity contribution is 5.24. The summed E-state index contributed by atoms with van der Waals surface area (Å²) in [6, 6.07) is 1.20. The molecule has 0 aliphatic carbocycles. The molecule has 1 aliphatic heterocycles. The fourth-order valence-corrected chi connectivity index (χ4v) is 1.98. The lowest BCUT2D eigenvalue weighted by atomic mass is 9.97. The van der Waals surface area contributed by atoms with Gasteiger partial charge in [0.15, 0.2) is 18.0 Å². The van der Waals surface area contributed by atoms with Gasteiger partial charge in [0, 0.05) is 6.20 Å². The summed E-state index contributed by atoms with van der Waals surface area (Å²) in [6.07, 6.45) is -2.94. The molecule has 2 rings (SSSR count). The second-order valence-corrected chi connectivity index (χ2v) is 4.51. The van der Waals surface area contributed by atoms with Gasteiger partial charge in [-0.3, -0.25) is 4.57 Å². The Bertz CT molecular complexity index is 550. The number of ether oxygens (including phenoxy) is 1. The molecule has 0 aromatic carbocycles. The third-order valence-corrected chi connectivity index (χ3v) is 3.05. The van der Waals surface area contributed by atoms with Gasteiger partial charge >= 0.3 is 5.69 Å². The van der Waals surface area contributed by atoms with E-state index in [0.29, 0.717) is 4.57 Å². The lowest BCUT2D eigenvalue weighted by Crippen LogP contribution is -2.46. The number of aliphatic hydroxyl groups is 2. The Kier molecular flexibility index (Phi) is 3.07. The van der Waals surface area contributed by atoms with Crippen molar-refractivity contribution in [3.8, 4) is 0 Å². The monoisotopic (exact) mass is 277 g/mol. The number of hydrogen-bond donors (Lipinski definition) is 3. The standard InChI is InChI=1S/C10H13F2N3O4/c1-9(11)6(17)10(12,4-16)19-7(9)15-3-2-5(13)14-8(15)18/h2-3,6-7,16-17H,4H2,1H3,(H2,13,14,18). The number of aliphatic hydroxyl groups excluding tert-OH is 2. The highest BCUT2D eigenvalue weighted by atomic mass is 19.2. The molecule has 1 fully saturated rings. The maximum absolute atomic E-state index is 14.4. The van der Waals surface area contributed by atoms with Gasteiger partial charge in [0.2, 0.25) is 0 Å². The second-order valence-electron chi connectivity index (χ2n) is 4.51. The van der Waals surface area contributed by atoms with Crippen LogP contribution in [0, 0.1) is 0 Å². The Hall–Kier alpha value is -1.58. The van der Waals surface area contributed by atoms with E-state index in [9.17, 15) is 18.7 Å². The Morgan fingerprint density at radius 2 is 2.26 bits per heavy atom. The first-order valence-electron chi connectivity index (χ1n) is 5.41. The Morgan fingerprint density at radius 1 is 1.63 bits per heavy atom. The number of nitrogens with two attached hydrogens (primary N) is 1. The molecule has 4 unspecified atom stereocenters. The van der Waals surface area contributed by atoms with Crippen LogP contribution < -0.4 is 11.4 Å². The normalized spacial score (nSPS) is 38.6. The Morgan fingerprint density at radius 3 is 2.74 bits per heavy atom. The number of rotatable bonds is 2. The smallest absolute Gasteiger partial charge is 0.351 e. The summed E-state index contributed by atoms with van der Waals surface area (Å²) in [7, 11) is 0. The van der Waals surface area contributed by atoms with Crippen LogP contribution in [0.4, 0.5) is 14.6 Å². The molecular formula is C10H13F2N3O4. The van der Waals surface area contributed by atoms with Crippen molar-refractivity contribution >= 4 is 5.82 Å². The van der Waals surface area contributed by atoms with Crippen LogP contribution in [0.15, 0.2) is 17.1 Å². The average molecular weight is 277 g/mol. The van der Waals surface area contributed by atoms with E-state index in [2.05, 4.69) is 9.72 Å². The van der Waals surface area contributed by atoms with Crippen LogP contribution in [0.3, 0.4) is 0 Å². The molecule has 0 amide bonds. The van der Waals surface area contributed by atoms with Gasteiger partial charge in [0.25, 0.3) is 5.85 Å². The minimum atomic E-state index is -2.99. The lowest BCUT2D eigenvalue weighted by molar-refractivity contribution is -0.207. The predicted molar refractivity (Wildman–Crippen MR) is 59.5 cm³/mol. The van der Waals surface area contributed by atoms with Crippen molar-refractivity contribution in [1.29, 1.82) is 0 Å². The van der Waals surface area contributed by atoms with Crippen LogP contribution in [-0.2, 0) is 4.74 Å². The zero-order valence-electron chi connectivity index (χ0n) is 9.96. The van der Waals surface area contributed by atoms with Gasteiger partial charge in [-0.15, -0.1) is 0 Å². The molecule has 0 bridgehead atoms. The van der Waals surface area contributed by atoms with Crippen molar-refractivity contribution < 1.29 is 23.7 Å². The number of alkyl halides is 2. The van der Waals surface area contributed by atoms with Gasteiger partial charge in [-0.2, -0.15) is 4.98 Å². The molecule has 2 heterocycles. The zero-order chi connectivity index (χ0) is 14.4. The minimum Gasteiger partial charge on any atom is -0.390 e. The van der Waals surface area contributed by atoms with Crippen molar-refractivity contribution in [2.24, 2.45) is 0 Å². The molecule has 9 heteroatoms. The minimum absolute atomic E-state index is 0.0889. The maximum Gasteiger partial charge on any atom is 0.351 e. The van der Waals surface area contributed by atoms with E-state index in [1.807, 2.05) is 0 Å². The number of halogens is 2. The van der Waals surface area contributed by atoms with Gasteiger partial charge in [0.1, 0.15) is 12.4 Å². The van der Waals surface area contributed by atoms with Crippen molar-refractivity contribution in [3.05, 3.63) is 22.7 Å². The van der Waals surface area contributed by atoms with E-state index in [0.717, 1.165) is 13.1 Å². The summed E-state index contributed by atoms with van der Waals surface area (Å²) < 4.78 is 33.7. The van der Waals surface area contributed by atoms with Crippen LogP contribution in [0.5, 0.6) is 0 Å². The summed E-state index contributed by atoms with van der Waals surface area (Å²) >= 11 is 0. The summed E-state index contributed by atoms with van der Waals surface area (Å²) in [4.78, 5) is 14.9. The van der Waals surface area contributed by atoms with E-state index in [1.165, 1.54) is 6.07 Å². The molecule has 4 atom stereocenters. The lowest BCUT2D eigenvalue weighted by Gasteiger charge is -2.24. The zero-order valence-corrected chi connectivity index (χ0v) is 9.96. The van der Waals surface area contributed by atoms with Crippen molar-refractivity contribution in [2.75, 3.05) is 12.3 Å². The van der Waals surface area contributed by atoms with Gasteiger partial charge < -0.3 is 20.7 Å². The van der Waals surface area contributed by atoms with Gasteiger partial charge in [-0.1, -0.05) is 0 Å². The summed E-state index contributed by atoms with van der Waals surface area (Å²) in [5.41, 5.74) is 1.70.